The van der Waals surface area contributed by atoms with Crippen LogP contribution in [-0.4, -0.2) is 71.7 Å². The molecule has 304 valence electrons. The van der Waals surface area contributed by atoms with Crippen molar-refractivity contribution in [3.63, 3.8) is 0 Å². The topological polar surface area (TPSA) is 214 Å². The van der Waals surface area contributed by atoms with Gasteiger partial charge in [0.25, 0.3) is 0 Å². The van der Waals surface area contributed by atoms with E-state index in [1.165, 1.54) is 35.6 Å². The molecule has 3 heterocycles. The van der Waals surface area contributed by atoms with Gasteiger partial charge in [-0.05, 0) is 96.8 Å². The van der Waals surface area contributed by atoms with Crippen molar-refractivity contribution >= 4 is 54.9 Å². The zero-order valence-electron chi connectivity index (χ0n) is 32.9. The number of hydrogen-bond acceptors (Lipinski definition) is 14. The molecule has 0 aliphatic carbocycles. The predicted octanol–water partition coefficient (Wildman–Crippen LogP) is 4.76. The Kier molecular flexibility index (Phi) is 13.9. The van der Waals surface area contributed by atoms with E-state index >= 15 is 0 Å². The first kappa shape index (κ1) is 42.9. The normalized spacial score (nSPS) is 13.3. The molecule has 0 bridgehead atoms. The highest BCUT2D eigenvalue weighted by Gasteiger charge is 2.18. The lowest BCUT2D eigenvalue weighted by atomic mass is 10.2. The van der Waals surface area contributed by atoms with E-state index in [1.54, 1.807) is 46.3 Å². The van der Waals surface area contributed by atoms with Gasteiger partial charge in [-0.15, -0.1) is 9.36 Å². The molecule has 0 spiro atoms. The summed E-state index contributed by atoms with van der Waals surface area (Å²) >= 11 is 0. The molecule has 0 atom stereocenters. The number of anilines is 2. The zero-order valence-corrected chi connectivity index (χ0v) is 34.5. The van der Waals surface area contributed by atoms with E-state index in [-0.39, 0.29) is 9.79 Å². The molecule has 1 aliphatic heterocycles. The first-order valence-corrected chi connectivity index (χ1v) is 20.6. The van der Waals surface area contributed by atoms with Crippen molar-refractivity contribution in [2.45, 2.75) is 23.6 Å². The summed E-state index contributed by atoms with van der Waals surface area (Å²) in [5, 5.41) is 25.6. The number of nitrogens with zero attached hydrogens (tertiary/aromatic N) is 12. The summed E-state index contributed by atoms with van der Waals surface area (Å²) in [6, 6.07) is 28.0. The van der Waals surface area contributed by atoms with Crippen LogP contribution in [0.15, 0.2) is 140 Å². The van der Waals surface area contributed by atoms with Crippen LogP contribution in [0, 0.1) is 13.8 Å². The molecule has 4 aromatic carbocycles. The van der Waals surface area contributed by atoms with Crippen molar-refractivity contribution in [3.05, 3.63) is 121 Å². The van der Waals surface area contributed by atoms with Crippen molar-refractivity contribution in [1.82, 2.24) is 19.6 Å². The molecular formula is C38H44N12O6S2. The molecular weight excluding hydrogens is 785 g/mol. The maximum Gasteiger partial charge on any atom is 0.403 e. The third kappa shape index (κ3) is 11.9. The second-order valence-corrected chi connectivity index (χ2v) is 16.0. The number of rotatable bonds is 8. The molecule has 7 rings (SSSR count). The third-order valence-electron chi connectivity index (χ3n) is 8.84. The van der Waals surface area contributed by atoms with Gasteiger partial charge in [-0.1, -0.05) is 45.6 Å². The number of aryl methyl sites for hydroxylation is 6. The Morgan fingerprint density at radius 3 is 1.09 bits per heavy atom. The van der Waals surface area contributed by atoms with Crippen molar-refractivity contribution in [1.29, 1.82) is 0 Å². The van der Waals surface area contributed by atoms with Gasteiger partial charge in [-0.2, -0.15) is 0 Å². The highest BCUT2D eigenvalue weighted by molar-refractivity contribution is 7.86. The summed E-state index contributed by atoms with van der Waals surface area (Å²) in [6.07, 6.45) is 3.42. The Morgan fingerprint density at radius 1 is 0.517 bits per heavy atom. The van der Waals surface area contributed by atoms with Gasteiger partial charge in [0.15, 0.2) is 0 Å². The summed E-state index contributed by atoms with van der Waals surface area (Å²) < 4.78 is 69.4. The predicted molar refractivity (Wildman–Crippen MR) is 213 cm³/mol. The lowest BCUT2D eigenvalue weighted by Gasteiger charge is -2.37. The zero-order chi connectivity index (χ0) is 42.0. The molecule has 1 aliphatic rings. The van der Waals surface area contributed by atoms with E-state index < -0.39 is 20.2 Å². The van der Waals surface area contributed by atoms with Gasteiger partial charge >= 0.3 is 11.9 Å². The van der Waals surface area contributed by atoms with Crippen LogP contribution in [0.25, 0.3) is 0 Å². The summed E-state index contributed by atoms with van der Waals surface area (Å²) in [5.74, 6) is 1.38. The second-order valence-electron chi connectivity index (χ2n) is 13.3. The fourth-order valence-electron chi connectivity index (χ4n) is 5.54. The van der Waals surface area contributed by atoms with Gasteiger partial charge in [0, 0.05) is 47.8 Å². The van der Waals surface area contributed by atoms with Crippen LogP contribution < -0.4 is 18.9 Å². The maximum absolute atomic E-state index is 10.4. The van der Waals surface area contributed by atoms with Crippen LogP contribution in [0.5, 0.6) is 0 Å². The van der Waals surface area contributed by atoms with Crippen LogP contribution in [0.4, 0.5) is 34.6 Å². The van der Waals surface area contributed by atoms with Crippen LogP contribution in [-0.2, 0) is 48.4 Å². The number of benzene rings is 4. The molecule has 0 radical (unpaired) electrons. The summed E-state index contributed by atoms with van der Waals surface area (Å²) in [7, 11) is -1.05. The molecule has 1 saturated heterocycles. The van der Waals surface area contributed by atoms with Gasteiger partial charge < -0.3 is 18.9 Å². The first-order chi connectivity index (χ1) is 27.5. The SMILES string of the molecule is Cc1ccc(S(=O)(=O)[O-])cc1.Cc1ccc(S(=O)(=O)[O-])cc1.Cn1nc[n+](C)c1N=Nc1ccc(N2CCN(c3ccc(N=Nc4n(C)nc[n+]4C)cc3)CC2)cc1. The molecule has 0 saturated carbocycles. The fourth-order valence-corrected chi connectivity index (χ4v) is 6.48. The molecule has 20 heteroatoms. The molecule has 1 fully saturated rings. The van der Waals surface area contributed by atoms with E-state index in [2.05, 4.69) is 64.7 Å². The Labute approximate surface area is 337 Å². The molecule has 0 N–H and O–H groups in total. The number of azo groups is 2. The van der Waals surface area contributed by atoms with Crippen LogP contribution in [0.1, 0.15) is 11.1 Å². The van der Waals surface area contributed by atoms with Gasteiger partial charge in [-0.3, -0.25) is 0 Å². The van der Waals surface area contributed by atoms with E-state index in [1.807, 2.05) is 75.4 Å². The van der Waals surface area contributed by atoms with Crippen LogP contribution >= 0.6 is 0 Å². The van der Waals surface area contributed by atoms with Crippen LogP contribution in [0.3, 0.4) is 0 Å². The van der Waals surface area contributed by atoms with Crippen molar-refractivity contribution in [2.75, 3.05) is 36.0 Å². The fraction of sp³-hybridized carbons (Fsp3) is 0.263. The highest BCUT2D eigenvalue weighted by Crippen LogP contribution is 2.26. The monoisotopic (exact) mass is 828 g/mol. The average molecular weight is 829 g/mol. The number of aromatic nitrogens is 6. The van der Waals surface area contributed by atoms with Gasteiger partial charge in [-0.25, -0.2) is 26.0 Å². The lowest BCUT2D eigenvalue weighted by Crippen LogP contribution is -2.46. The smallest absolute Gasteiger partial charge is 0.403 e. The number of hydrogen-bond donors (Lipinski definition) is 0. The summed E-state index contributed by atoms with van der Waals surface area (Å²) in [5.41, 5.74) is 5.87. The largest absolute Gasteiger partial charge is 0.744 e. The standard InChI is InChI=1S/C24H30N12.2C7H8O3S/c1-31-17-25-33(3)23(31)29-27-19-5-9-21(10-6-19)35-13-15-36(16-14-35)22-11-7-20(8-12-22)28-30-24-32(2)18-26-34(24)4;2*1-6-2-4-7(5-3-6)11(8,9)10/h5-12,17-18H,13-16H2,1-4H3;2*2-5H,1H3,(H,8,9,10)/q+2;;/p-2. The summed E-state index contributed by atoms with van der Waals surface area (Å²) in [4.78, 5) is 4.44. The molecule has 58 heavy (non-hydrogen) atoms. The summed E-state index contributed by atoms with van der Waals surface area (Å²) in [6.45, 7) is 7.44. The lowest BCUT2D eigenvalue weighted by molar-refractivity contribution is -0.659. The van der Waals surface area contributed by atoms with Crippen LogP contribution in [0.2, 0.25) is 0 Å². The first-order valence-electron chi connectivity index (χ1n) is 17.8. The Morgan fingerprint density at radius 2 is 0.828 bits per heavy atom. The van der Waals surface area contributed by atoms with E-state index in [9.17, 15) is 25.9 Å². The minimum Gasteiger partial charge on any atom is -0.744 e. The minimum absolute atomic E-state index is 0.178. The van der Waals surface area contributed by atoms with Crippen molar-refractivity contribution in [2.24, 2.45) is 48.6 Å². The second kappa shape index (κ2) is 18.8. The molecule has 0 unspecified atom stereocenters. The number of piperazine rings is 1. The molecule has 18 nitrogen and oxygen atoms in total. The molecule has 2 aromatic heterocycles. The van der Waals surface area contributed by atoms with E-state index in [0.29, 0.717) is 11.9 Å². The van der Waals surface area contributed by atoms with Gasteiger partial charge in [0.05, 0.1) is 49.4 Å². The van der Waals surface area contributed by atoms with E-state index in [0.717, 1.165) is 48.7 Å². The van der Waals surface area contributed by atoms with E-state index in [4.69, 9.17) is 0 Å². The van der Waals surface area contributed by atoms with Crippen molar-refractivity contribution < 1.29 is 35.1 Å². The maximum atomic E-state index is 10.4. The minimum atomic E-state index is -4.27. The highest BCUT2D eigenvalue weighted by atomic mass is 32.2. The van der Waals surface area contributed by atoms with Gasteiger partial charge in [0.2, 0.25) is 12.7 Å². The van der Waals surface area contributed by atoms with Gasteiger partial charge in [0.1, 0.15) is 20.2 Å². The molecule has 0 amide bonds. The quantitative estimate of drug-likeness (QED) is 0.117. The Hall–Kier alpha value is -6.22. The van der Waals surface area contributed by atoms with Crippen molar-refractivity contribution in [3.8, 4) is 0 Å². The average Bonchev–Trinajstić information content (AvgIpc) is 3.70. The Balaban J connectivity index is 0.000000236. The Bertz CT molecular complexity index is 2350. The third-order valence-corrected chi connectivity index (χ3v) is 10.5. The molecule has 6 aromatic rings.